The van der Waals surface area contributed by atoms with Crippen LogP contribution in [-0.4, -0.2) is 23.3 Å². The summed E-state index contributed by atoms with van der Waals surface area (Å²) in [4.78, 5) is 31.5. The van der Waals surface area contributed by atoms with Crippen LogP contribution >= 0.6 is 0 Å². The van der Waals surface area contributed by atoms with Crippen molar-refractivity contribution in [1.82, 2.24) is 4.98 Å². The lowest BCUT2D eigenvalue weighted by Crippen LogP contribution is -2.40. The average molecular weight is 486 g/mol. The van der Waals surface area contributed by atoms with Crippen LogP contribution < -0.4 is 0 Å². The Bertz CT molecular complexity index is 1670. The van der Waals surface area contributed by atoms with Crippen LogP contribution in [0.1, 0.15) is 25.0 Å². The van der Waals surface area contributed by atoms with Gasteiger partial charge in [0.2, 0.25) is 0 Å². The number of para-hydroxylation sites is 1. The minimum Gasteiger partial charge on any atom is -0.465 e. The molecule has 4 nitrogen and oxygen atoms in total. The molecule has 1 aromatic heterocycles. The SMILES string of the molecule is CCOC(=O)C1(C(C)=O)Cc2c(c(-c3ccccc3)c3c(cnc4ccccc43)c2-c2ccccc2)C1. The molecule has 0 saturated heterocycles. The molecule has 0 aliphatic heterocycles. The van der Waals surface area contributed by atoms with E-state index in [9.17, 15) is 9.59 Å². The number of nitrogens with zero attached hydrogens (tertiary/aromatic N) is 1. The summed E-state index contributed by atoms with van der Waals surface area (Å²) in [5.41, 5.74) is 5.94. The summed E-state index contributed by atoms with van der Waals surface area (Å²) in [7, 11) is 0. The van der Waals surface area contributed by atoms with E-state index in [2.05, 4.69) is 30.3 Å². The van der Waals surface area contributed by atoms with Crippen molar-refractivity contribution in [2.24, 2.45) is 5.41 Å². The van der Waals surface area contributed by atoms with Crippen LogP contribution in [-0.2, 0) is 27.2 Å². The van der Waals surface area contributed by atoms with Crippen molar-refractivity contribution in [2.75, 3.05) is 6.61 Å². The molecule has 0 radical (unpaired) electrons. The van der Waals surface area contributed by atoms with Crippen LogP contribution in [0.25, 0.3) is 43.9 Å². The summed E-state index contributed by atoms with van der Waals surface area (Å²) < 4.78 is 5.51. The molecule has 182 valence electrons. The zero-order valence-electron chi connectivity index (χ0n) is 21.0. The highest BCUT2D eigenvalue weighted by Crippen LogP contribution is 2.52. The number of pyridine rings is 1. The van der Waals surface area contributed by atoms with Gasteiger partial charge in [0.25, 0.3) is 0 Å². The predicted molar refractivity (Wildman–Crippen MR) is 147 cm³/mol. The minimum absolute atomic E-state index is 0.160. The molecule has 4 heteroatoms. The van der Waals surface area contributed by atoms with Gasteiger partial charge in [-0.25, -0.2) is 0 Å². The maximum atomic E-state index is 13.4. The van der Waals surface area contributed by atoms with Crippen LogP contribution in [0, 0.1) is 5.41 Å². The summed E-state index contributed by atoms with van der Waals surface area (Å²) in [5.74, 6) is -0.601. The van der Waals surface area contributed by atoms with E-state index in [0.717, 1.165) is 55.1 Å². The smallest absolute Gasteiger partial charge is 0.320 e. The van der Waals surface area contributed by atoms with E-state index in [-0.39, 0.29) is 12.4 Å². The van der Waals surface area contributed by atoms with Gasteiger partial charge in [0.1, 0.15) is 11.2 Å². The van der Waals surface area contributed by atoms with Gasteiger partial charge >= 0.3 is 5.97 Å². The van der Waals surface area contributed by atoms with E-state index < -0.39 is 11.4 Å². The molecule has 0 spiro atoms. The third-order valence-corrected chi connectivity index (χ3v) is 7.68. The van der Waals surface area contributed by atoms with E-state index in [1.165, 1.54) is 6.92 Å². The zero-order valence-corrected chi connectivity index (χ0v) is 21.0. The number of ketones is 1. The van der Waals surface area contributed by atoms with Gasteiger partial charge in [0, 0.05) is 22.4 Å². The van der Waals surface area contributed by atoms with Crippen molar-refractivity contribution >= 4 is 33.4 Å². The van der Waals surface area contributed by atoms with Crippen molar-refractivity contribution in [2.45, 2.75) is 26.7 Å². The second kappa shape index (κ2) is 8.97. The molecule has 5 aromatic rings. The number of Topliss-reactive ketones (excluding diaryl/α,β-unsaturated/α-hetero) is 1. The van der Waals surface area contributed by atoms with E-state index >= 15 is 0 Å². The van der Waals surface area contributed by atoms with Crippen LogP contribution in [0.3, 0.4) is 0 Å². The second-order valence-corrected chi connectivity index (χ2v) is 9.72. The molecule has 4 aromatic carbocycles. The molecule has 0 N–H and O–H groups in total. The maximum Gasteiger partial charge on any atom is 0.320 e. The number of benzene rings is 4. The minimum atomic E-state index is -1.24. The Morgan fingerprint density at radius 3 is 1.97 bits per heavy atom. The normalized spacial score (nSPS) is 16.6. The summed E-state index contributed by atoms with van der Waals surface area (Å²) in [6.07, 6.45) is 2.57. The number of aromatic nitrogens is 1. The summed E-state index contributed by atoms with van der Waals surface area (Å²) in [6.45, 7) is 3.53. The summed E-state index contributed by atoms with van der Waals surface area (Å²) in [5, 5.41) is 3.17. The molecule has 1 atom stereocenters. The summed E-state index contributed by atoms with van der Waals surface area (Å²) >= 11 is 0. The Hall–Kier alpha value is -4.31. The Labute approximate surface area is 215 Å². The van der Waals surface area contributed by atoms with Gasteiger partial charge in [-0.15, -0.1) is 0 Å². The molecule has 1 heterocycles. The zero-order chi connectivity index (χ0) is 25.6. The Kier molecular flexibility index (Phi) is 5.60. The number of hydrogen-bond acceptors (Lipinski definition) is 4. The number of rotatable bonds is 5. The molecule has 37 heavy (non-hydrogen) atoms. The third-order valence-electron chi connectivity index (χ3n) is 7.68. The molecule has 0 saturated carbocycles. The van der Waals surface area contributed by atoms with Crippen LogP contribution in [0.4, 0.5) is 0 Å². The summed E-state index contributed by atoms with van der Waals surface area (Å²) in [6, 6.07) is 28.6. The van der Waals surface area contributed by atoms with Gasteiger partial charge in [-0.1, -0.05) is 78.9 Å². The molecule has 6 rings (SSSR count). The molecule has 1 aliphatic carbocycles. The lowest BCUT2D eigenvalue weighted by molar-refractivity contribution is -0.159. The number of ether oxygens (including phenoxy) is 1. The first kappa shape index (κ1) is 23.1. The highest BCUT2D eigenvalue weighted by molar-refractivity contribution is 6.19. The lowest BCUT2D eigenvalue weighted by Gasteiger charge is -2.23. The van der Waals surface area contributed by atoms with Gasteiger partial charge in [0.15, 0.2) is 0 Å². The van der Waals surface area contributed by atoms with E-state index in [0.29, 0.717) is 12.8 Å². The number of carbonyl (C=O) groups excluding carboxylic acids is 2. The molecular weight excluding hydrogens is 458 g/mol. The average Bonchev–Trinajstić information content (AvgIpc) is 3.34. The molecular formula is C33H27NO3. The Balaban J connectivity index is 1.81. The van der Waals surface area contributed by atoms with Gasteiger partial charge in [-0.3, -0.25) is 14.6 Å². The standard InChI is InChI=1S/C33H27NO3/c1-3-37-32(36)33(21(2)35)18-25-26(19-33)30(23-14-8-5-9-15-23)31-24-16-10-11-17-28(24)34-20-27(31)29(25)22-12-6-4-7-13-22/h4-17,20H,3,18-19H2,1-2H3. The van der Waals surface area contributed by atoms with Gasteiger partial charge < -0.3 is 4.74 Å². The molecule has 0 bridgehead atoms. The first-order valence-corrected chi connectivity index (χ1v) is 12.7. The van der Waals surface area contributed by atoms with Crippen molar-refractivity contribution < 1.29 is 14.3 Å². The van der Waals surface area contributed by atoms with Crippen molar-refractivity contribution in [3.05, 3.63) is 102 Å². The highest BCUT2D eigenvalue weighted by Gasteiger charge is 2.51. The highest BCUT2D eigenvalue weighted by atomic mass is 16.5. The van der Waals surface area contributed by atoms with Crippen molar-refractivity contribution in [1.29, 1.82) is 0 Å². The fraction of sp³-hybridized carbons (Fsp3) is 0.182. The van der Waals surface area contributed by atoms with E-state index in [1.807, 2.05) is 60.8 Å². The predicted octanol–water partition coefficient (Wildman–Crippen LogP) is 6.96. The van der Waals surface area contributed by atoms with Crippen molar-refractivity contribution in [3.63, 3.8) is 0 Å². The quantitative estimate of drug-likeness (QED) is 0.153. The van der Waals surface area contributed by atoms with Gasteiger partial charge in [-0.2, -0.15) is 0 Å². The van der Waals surface area contributed by atoms with Crippen LogP contribution in [0.2, 0.25) is 0 Å². The largest absolute Gasteiger partial charge is 0.465 e. The fourth-order valence-corrected chi connectivity index (χ4v) is 5.94. The lowest BCUT2D eigenvalue weighted by atomic mass is 9.80. The topological polar surface area (TPSA) is 56.3 Å². The Morgan fingerprint density at radius 2 is 1.35 bits per heavy atom. The first-order chi connectivity index (χ1) is 18.0. The molecule has 1 unspecified atom stereocenters. The molecule has 1 aliphatic rings. The number of hydrogen-bond donors (Lipinski definition) is 0. The monoisotopic (exact) mass is 485 g/mol. The first-order valence-electron chi connectivity index (χ1n) is 12.7. The Morgan fingerprint density at radius 1 is 0.784 bits per heavy atom. The molecule has 0 amide bonds. The van der Waals surface area contributed by atoms with Gasteiger partial charge in [0.05, 0.1) is 12.1 Å². The second-order valence-electron chi connectivity index (χ2n) is 9.72. The third kappa shape index (κ3) is 3.55. The van der Waals surface area contributed by atoms with E-state index in [4.69, 9.17) is 9.72 Å². The number of esters is 1. The number of fused-ring (bicyclic) bond motifs is 4. The van der Waals surface area contributed by atoms with Gasteiger partial charge in [-0.05, 0) is 66.1 Å². The number of carbonyl (C=O) groups is 2. The van der Waals surface area contributed by atoms with E-state index in [1.54, 1.807) is 6.92 Å². The van der Waals surface area contributed by atoms with Crippen molar-refractivity contribution in [3.8, 4) is 22.3 Å². The van der Waals surface area contributed by atoms with Crippen LogP contribution in [0.5, 0.6) is 0 Å². The fourth-order valence-electron chi connectivity index (χ4n) is 5.94. The maximum absolute atomic E-state index is 13.4. The van der Waals surface area contributed by atoms with Crippen LogP contribution in [0.15, 0.2) is 91.1 Å². The molecule has 0 fully saturated rings.